The molecule has 0 unspecified atom stereocenters. The smallest absolute Gasteiger partial charge is 0.252 e. The maximum Gasteiger partial charge on any atom is 0.252 e. The predicted molar refractivity (Wildman–Crippen MR) is 107 cm³/mol. The Kier molecular flexibility index (Phi) is 7.19. The lowest BCUT2D eigenvalue weighted by Crippen LogP contribution is -2.31. The minimum Gasteiger partial charge on any atom is -0.495 e. The number of halogens is 2. The zero-order valence-electron chi connectivity index (χ0n) is 15.1. The first-order valence-corrected chi connectivity index (χ1v) is 9.05. The highest BCUT2D eigenvalue weighted by Crippen LogP contribution is 2.33. The van der Waals surface area contributed by atoms with Crippen LogP contribution in [0.25, 0.3) is 0 Å². The van der Waals surface area contributed by atoms with Crippen LogP contribution >= 0.6 is 27.5 Å². The van der Waals surface area contributed by atoms with Gasteiger partial charge < -0.3 is 20.3 Å². The van der Waals surface area contributed by atoms with Crippen LogP contribution in [0, 0.1) is 6.92 Å². The van der Waals surface area contributed by atoms with Crippen LogP contribution in [0.1, 0.15) is 16.1 Å². The van der Waals surface area contributed by atoms with Gasteiger partial charge in [-0.2, -0.15) is 0 Å². The molecule has 0 radical (unpaired) electrons. The summed E-state index contributed by atoms with van der Waals surface area (Å²) in [5.41, 5.74) is 1.72. The molecule has 2 rings (SSSR count). The number of ether oxygens (including phenoxy) is 1. The molecule has 1 aromatic heterocycles. The third-order valence-corrected chi connectivity index (χ3v) is 4.64. The first-order chi connectivity index (χ1) is 12.3. The van der Waals surface area contributed by atoms with Crippen molar-refractivity contribution in [3.8, 4) is 5.75 Å². The Labute approximate surface area is 166 Å². The average Bonchev–Trinajstić information content (AvgIpc) is 2.58. The standard InChI is InChI=1S/C17H21BrClN5O2/c1-10-12(18)9-21-17(22-10)23-14-8-13(19)11(7-15(14)26-4)16(25)20-5-6-24(2)3/h7-9H,5-6H2,1-4H3,(H,20,25)(H,21,22,23). The lowest BCUT2D eigenvalue weighted by molar-refractivity contribution is 0.0951. The molecule has 140 valence electrons. The van der Waals surface area contributed by atoms with Gasteiger partial charge in [-0.3, -0.25) is 4.79 Å². The SMILES string of the molecule is COc1cc(C(=O)NCCN(C)C)c(Cl)cc1Nc1ncc(Br)c(C)n1. The molecule has 26 heavy (non-hydrogen) atoms. The number of hydrogen-bond donors (Lipinski definition) is 2. The van der Waals surface area contributed by atoms with Crippen molar-refractivity contribution in [2.45, 2.75) is 6.92 Å². The van der Waals surface area contributed by atoms with Gasteiger partial charge >= 0.3 is 0 Å². The minimum absolute atomic E-state index is 0.252. The number of benzene rings is 1. The normalized spacial score (nSPS) is 10.7. The van der Waals surface area contributed by atoms with E-state index in [-0.39, 0.29) is 5.91 Å². The van der Waals surface area contributed by atoms with E-state index in [4.69, 9.17) is 16.3 Å². The Bertz CT molecular complexity index is 801. The molecule has 2 aromatic rings. The lowest BCUT2D eigenvalue weighted by atomic mass is 10.1. The fourth-order valence-electron chi connectivity index (χ4n) is 2.12. The summed E-state index contributed by atoms with van der Waals surface area (Å²) in [7, 11) is 5.40. The number of likely N-dealkylation sites (N-methyl/N-ethyl adjacent to an activating group) is 1. The van der Waals surface area contributed by atoms with E-state index in [1.165, 1.54) is 7.11 Å². The monoisotopic (exact) mass is 441 g/mol. The third kappa shape index (κ3) is 5.30. The van der Waals surface area contributed by atoms with Crippen LogP contribution < -0.4 is 15.4 Å². The molecule has 0 fully saturated rings. The second kappa shape index (κ2) is 9.16. The average molecular weight is 443 g/mol. The zero-order valence-corrected chi connectivity index (χ0v) is 17.4. The van der Waals surface area contributed by atoms with Crippen molar-refractivity contribution in [2.75, 3.05) is 39.6 Å². The topological polar surface area (TPSA) is 79.4 Å². The zero-order chi connectivity index (χ0) is 19.3. The molecule has 2 N–H and O–H groups in total. The molecule has 0 saturated carbocycles. The number of nitrogens with zero attached hydrogens (tertiary/aromatic N) is 3. The number of amides is 1. The van der Waals surface area contributed by atoms with Crippen LogP contribution in [0.5, 0.6) is 5.75 Å². The fourth-order valence-corrected chi connectivity index (χ4v) is 2.56. The Morgan fingerprint density at radius 2 is 2.12 bits per heavy atom. The van der Waals surface area contributed by atoms with E-state index >= 15 is 0 Å². The van der Waals surface area contributed by atoms with Crippen molar-refractivity contribution >= 4 is 45.1 Å². The van der Waals surface area contributed by atoms with Crippen LogP contribution in [0.15, 0.2) is 22.8 Å². The molecule has 1 amide bonds. The fraction of sp³-hybridized carbons (Fsp3) is 0.353. The number of anilines is 2. The van der Waals surface area contributed by atoms with Gasteiger partial charge in [0.2, 0.25) is 5.95 Å². The van der Waals surface area contributed by atoms with Crippen molar-refractivity contribution < 1.29 is 9.53 Å². The third-order valence-electron chi connectivity index (χ3n) is 3.54. The summed E-state index contributed by atoms with van der Waals surface area (Å²) >= 11 is 9.67. The molecule has 1 heterocycles. The van der Waals surface area contributed by atoms with Crippen molar-refractivity contribution in [3.05, 3.63) is 39.1 Å². The number of hydrogen-bond acceptors (Lipinski definition) is 6. The highest BCUT2D eigenvalue weighted by Gasteiger charge is 2.16. The van der Waals surface area contributed by atoms with E-state index in [2.05, 4.69) is 36.5 Å². The molecule has 0 aliphatic rings. The molecular formula is C17H21BrClN5O2. The summed E-state index contributed by atoms with van der Waals surface area (Å²) in [4.78, 5) is 22.9. The quantitative estimate of drug-likeness (QED) is 0.685. The Hall–Kier alpha value is -1.90. The highest BCUT2D eigenvalue weighted by molar-refractivity contribution is 9.10. The molecule has 0 aliphatic heterocycles. The molecule has 0 aliphatic carbocycles. The maximum absolute atomic E-state index is 12.3. The molecule has 0 spiro atoms. The maximum atomic E-state index is 12.3. The van der Waals surface area contributed by atoms with Crippen molar-refractivity contribution in [1.82, 2.24) is 20.2 Å². The summed E-state index contributed by atoms with van der Waals surface area (Å²) in [6, 6.07) is 3.23. The summed E-state index contributed by atoms with van der Waals surface area (Å²) in [5.74, 6) is 0.622. The van der Waals surface area contributed by atoms with Gasteiger partial charge in [0, 0.05) is 19.3 Å². The first kappa shape index (κ1) is 20.4. The molecule has 1 aromatic carbocycles. The second-order valence-electron chi connectivity index (χ2n) is 5.84. The van der Waals surface area contributed by atoms with E-state index in [1.54, 1.807) is 18.3 Å². The van der Waals surface area contributed by atoms with Crippen molar-refractivity contribution in [2.24, 2.45) is 0 Å². The van der Waals surface area contributed by atoms with Gasteiger partial charge in [-0.25, -0.2) is 9.97 Å². The first-order valence-electron chi connectivity index (χ1n) is 7.88. The van der Waals surface area contributed by atoms with Gasteiger partial charge in [0.25, 0.3) is 5.91 Å². The number of aryl methyl sites for hydroxylation is 1. The molecule has 7 nitrogen and oxygen atoms in total. The summed E-state index contributed by atoms with van der Waals surface area (Å²) < 4.78 is 6.20. The molecule has 0 atom stereocenters. The number of aromatic nitrogens is 2. The summed E-state index contributed by atoms with van der Waals surface area (Å²) in [6.07, 6.45) is 1.66. The van der Waals surface area contributed by atoms with E-state index in [1.807, 2.05) is 25.9 Å². The number of methoxy groups -OCH3 is 1. The molecule has 0 bridgehead atoms. The largest absolute Gasteiger partial charge is 0.495 e. The van der Waals surface area contributed by atoms with Gasteiger partial charge in [0.15, 0.2) is 0 Å². The second-order valence-corrected chi connectivity index (χ2v) is 7.11. The number of rotatable bonds is 7. The van der Waals surface area contributed by atoms with Crippen LogP contribution in [0.3, 0.4) is 0 Å². The minimum atomic E-state index is -0.252. The molecule has 9 heteroatoms. The van der Waals surface area contributed by atoms with E-state index in [9.17, 15) is 4.79 Å². The Morgan fingerprint density at radius 1 is 1.38 bits per heavy atom. The van der Waals surface area contributed by atoms with Gasteiger partial charge in [-0.1, -0.05) is 11.6 Å². The summed E-state index contributed by atoms with van der Waals surface area (Å²) in [6.45, 7) is 3.12. The number of carbonyl (C=O) groups is 1. The lowest BCUT2D eigenvalue weighted by Gasteiger charge is -2.15. The van der Waals surface area contributed by atoms with E-state index in [0.717, 1.165) is 16.7 Å². The van der Waals surface area contributed by atoms with Crippen LogP contribution in [-0.2, 0) is 0 Å². The van der Waals surface area contributed by atoms with E-state index in [0.29, 0.717) is 34.5 Å². The van der Waals surface area contributed by atoms with Crippen LogP contribution in [0.4, 0.5) is 11.6 Å². The number of carbonyl (C=O) groups excluding carboxylic acids is 1. The number of nitrogens with one attached hydrogen (secondary N) is 2. The van der Waals surface area contributed by atoms with Gasteiger partial charge in [0.05, 0.1) is 33.5 Å². The Balaban J connectivity index is 2.22. The van der Waals surface area contributed by atoms with Crippen LogP contribution in [-0.4, -0.2) is 55.1 Å². The summed E-state index contributed by atoms with van der Waals surface area (Å²) in [5, 5.41) is 6.21. The van der Waals surface area contributed by atoms with Crippen molar-refractivity contribution in [1.29, 1.82) is 0 Å². The van der Waals surface area contributed by atoms with Gasteiger partial charge in [-0.05, 0) is 49.1 Å². The molecule has 0 saturated heterocycles. The molecular weight excluding hydrogens is 422 g/mol. The van der Waals surface area contributed by atoms with Crippen molar-refractivity contribution in [3.63, 3.8) is 0 Å². The van der Waals surface area contributed by atoms with Gasteiger partial charge in [0.1, 0.15) is 5.75 Å². The van der Waals surface area contributed by atoms with Gasteiger partial charge in [-0.15, -0.1) is 0 Å². The van der Waals surface area contributed by atoms with E-state index < -0.39 is 0 Å². The predicted octanol–water partition coefficient (Wildman–Crippen LogP) is 3.24. The Morgan fingerprint density at radius 3 is 2.73 bits per heavy atom. The van der Waals surface area contributed by atoms with Crippen LogP contribution in [0.2, 0.25) is 5.02 Å². The highest BCUT2D eigenvalue weighted by atomic mass is 79.9.